The van der Waals surface area contributed by atoms with Gasteiger partial charge < -0.3 is 0 Å². The van der Waals surface area contributed by atoms with Crippen molar-refractivity contribution in [3.8, 4) is 0 Å². The summed E-state index contributed by atoms with van der Waals surface area (Å²) in [7, 11) is 0. The topological polar surface area (TPSA) is 98.2 Å². The van der Waals surface area contributed by atoms with Gasteiger partial charge >= 0.3 is 165 Å². The second-order valence-corrected chi connectivity index (χ2v) is 9.62. The number of allylic oxidation sites excluding steroid dienone is 2. The number of ether oxygens (including phenoxy) is 2. The molecular weight excluding hydrogens is 417 g/mol. The van der Waals surface area contributed by atoms with Gasteiger partial charge in [0.15, 0.2) is 0 Å². The summed E-state index contributed by atoms with van der Waals surface area (Å²) in [5.41, 5.74) is 0. The summed E-state index contributed by atoms with van der Waals surface area (Å²) in [5.74, 6) is 0.122. The summed E-state index contributed by atoms with van der Waals surface area (Å²) in [6.45, 7) is 12.1. The summed E-state index contributed by atoms with van der Waals surface area (Å²) in [5, 5.41) is 0. The van der Waals surface area contributed by atoms with Gasteiger partial charge in [-0.3, -0.25) is 0 Å². The number of rotatable bonds is 14. The predicted octanol–water partition coefficient (Wildman–Crippen LogP) is 3.19. The minimum atomic E-state index is -4.25. The first-order valence-electron chi connectivity index (χ1n) is 9.22. The van der Waals surface area contributed by atoms with E-state index in [1.807, 2.05) is 13.8 Å². The first-order valence-corrected chi connectivity index (χ1v) is 12.6. The van der Waals surface area contributed by atoms with Crippen molar-refractivity contribution in [1.29, 1.82) is 0 Å². The minimum absolute atomic E-state index is 0.271. The van der Waals surface area contributed by atoms with Crippen LogP contribution in [-0.4, -0.2) is 62.6 Å². The van der Waals surface area contributed by atoms with E-state index in [1.54, 1.807) is 27.7 Å². The SMILES string of the molecule is CCC[O][Ge]([O]CCC)([O]/C(C)=C\C(=[OH+])OCC)[O]/C(C)=C\C(=[OH+])OCC. The molecule has 0 unspecified atom stereocenters. The zero-order valence-corrected chi connectivity index (χ0v) is 19.3. The predicted molar refractivity (Wildman–Crippen MR) is 105 cm³/mol. The molecule has 156 valence electrons. The van der Waals surface area contributed by atoms with Crippen molar-refractivity contribution in [3.63, 3.8) is 0 Å². The van der Waals surface area contributed by atoms with Gasteiger partial charge in [-0.1, -0.05) is 0 Å². The number of esters is 2. The molecule has 0 saturated carbocycles. The molecule has 2 N–H and O–H groups in total. The average Bonchev–Trinajstić information content (AvgIpc) is 2.58. The Labute approximate surface area is 165 Å². The van der Waals surface area contributed by atoms with Gasteiger partial charge in [0, 0.05) is 0 Å². The van der Waals surface area contributed by atoms with E-state index in [0.717, 1.165) is 12.8 Å². The molecule has 0 spiro atoms. The van der Waals surface area contributed by atoms with Crippen molar-refractivity contribution in [3.05, 3.63) is 23.7 Å². The molecule has 0 atom stereocenters. The zero-order valence-electron chi connectivity index (χ0n) is 17.2. The van der Waals surface area contributed by atoms with E-state index in [2.05, 4.69) is 0 Å². The molecule has 0 fully saturated rings. The number of carbonyl (C=O) groups excluding carboxylic acids is 2. The second kappa shape index (κ2) is 14.5. The van der Waals surface area contributed by atoms with Crippen molar-refractivity contribution in [1.82, 2.24) is 0 Å². The normalized spacial score (nSPS) is 12.5. The fourth-order valence-corrected chi connectivity index (χ4v) is 6.38. The maximum absolute atomic E-state index is 9.70. The standard InChI is InChI=1S/C18H32GeO8/c1-7-11-24-19(25-12-8-2,26-15(5)13-17(20)22-9-3)27-16(6)14-18(21)23-10-4/h13-14H,7-12H2,1-6H3/p+2/b15-13-,16-14-. The molecular formula is C18H34GeO8+2. The Bertz CT molecular complexity index is 469. The van der Waals surface area contributed by atoms with Gasteiger partial charge in [0.25, 0.3) is 0 Å². The third kappa shape index (κ3) is 11.7. The molecule has 0 aliphatic heterocycles. The summed E-state index contributed by atoms with van der Waals surface area (Å²) in [4.78, 5) is 19.4. The molecule has 8 nitrogen and oxygen atoms in total. The molecule has 0 saturated heterocycles. The summed E-state index contributed by atoms with van der Waals surface area (Å²) in [6, 6.07) is 0. The Balaban J connectivity index is 5.53. The molecule has 27 heavy (non-hydrogen) atoms. The van der Waals surface area contributed by atoms with Crippen LogP contribution in [0.3, 0.4) is 0 Å². The van der Waals surface area contributed by atoms with Gasteiger partial charge in [-0.05, 0) is 0 Å². The third-order valence-electron chi connectivity index (χ3n) is 2.78. The molecule has 9 heteroatoms. The van der Waals surface area contributed by atoms with E-state index in [9.17, 15) is 9.59 Å². The van der Waals surface area contributed by atoms with Gasteiger partial charge in [-0.2, -0.15) is 0 Å². The van der Waals surface area contributed by atoms with Crippen LogP contribution in [0, 0.1) is 0 Å². The van der Waals surface area contributed by atoms with Gasteiger partial charge in [0.1, 0.15) is 0 Å². The maximum atomic E-state index is 9.70. The molecule has 0 aromatic carbocycles. The summed E-state index contributed by atoms with van der Waals surface area (Å²) < 4.78 is 33.6. The third-order valence-corrected chi connectivity index (χ3v) is 7.52. The molecule has 0 aromatic rings. The molecule has 0 radical (unpaired) electrons. The van der Waals surface area contributed by atoms with Crippen molar-refractivity contribution >= 4 is 26.6 Å². The molecule has 0 aromatic heterocycles. The van der Waals surface area contributed by atoms with Crippen LogP contribution in [0.4, 0.5) is 0 Å². The Morgan fingerprint density at radius 2 is 1.11 bits per heavy atom. The van der Waals surface area contributed by atoms with Crippen LogP contribution >= 0.6 is 0 Å². The quantitative estimate of drug-likeness (QED) is 0.132. The second-order valence-electron chi connectivity index (χ2n) is 5.45. The van der Waals surface area contributed by atoms with Gasteiger partial charge in [0.2, 0.25) is 0 Å². The van der Waals surface area contributed by atoms with Crippen LogP contribution in [0.15, 0.2) is 23.7 Å². The first kappa shape index (κ1) is 25.5. The van der Waals surface area contributed by atoms with Crippen molar-refractivity contribution in [2.24, 2.45) is 0 Å². The van der Waals surface area contributed by atoms with Crippen LogP contribution in [0.25, 0.3) is 0 Å². The summed E-state index contributed by atoms with van der Waals surface area (Å²) in [6.07, 6.45) is 4.15. The summed E-state index contributed by atoms with van der Waals surface area (Å²) >= 11 is -4.25. The molecule has 0 aliphatic rings. The van der Waals surface area contributed by atoms with Crippen molar-refractivity contribution in [2.45, 2.75) is 54.4 Å². The zero-order chi connectivity index (χ0) is 20.7. The van der Waals surface area contributed by atoms with E-state index in [4.69, 9.17) is 24.5 Å². The van der Waals surface area contributed by atoms with Crippen LogP contribution in [0.2, 0.25) is 0 Å². The number of hydrogen-bond acceptors (Lipinski definition) is 6. The Morgan fingerprint density at radius 1 is 0.741 bits per heavy atom. The molecule has 0 rings (SSSR count). The van der Waals surface area contributed by atoms with E-state index in [0.29, 0.717) is 37.9 Å². The van der Waals surface area contributed by atoms with E-state index in [-0.39, 0.29) is 11.9 Å². The van der Waals surface area contributed by atoms with Crippen LogP contribution < -0.4 is 0 Å². The van der Waals surface area contributed by atoms with Crippen molar-refractivity contribution < 1.29 is 34.1 Å². The first-order chi connectivity index (χ1) is 12.8. The van der Waals surface area contributed by atoms with Gasteiger partial charge in [-0.15, -0.1) is 0 Å². The van der Waals surface area contributed by atoms with E-state index in [1.165, 1.54) is 12.2 Å². The Hall–Kier alpha value is -1.52. The van der Waals surface area contributed by atoms with Crippen LogP contribution in [0.1, 0.15) is 54.4 Å². The Kier molecular flexibility index (Phi) is 13.7. The van der Waals surface area contributed by atoms with E-state index < -0.39 is 14.6 Å². The van der Waals surface area contributed by atoms with E-state index >= 15 is 0 Å². The van der Waals surface area contributed by atoms with Crippen LogP contribution in [-0.2, 0) is 24.5 Å². The average molecular weight is 451 g/mol. The fraction of sp³-hybridized carbons (Fsp3) is 0.667. The molecule has 0 bridgehead atoms. The fourth-order valence-electron chi connectivity index (χ4n) is 1.81. The van der Waals surface area contributed by atoms with Gasteiger partial charge in [0.05, 0.1) is 0 Å². The van der Waals surface area contributed by atoms with Crippen molar-refractivity contribution in [2.75, 3.05) is 26.4 Å². The monoisotopic (exact) mass is 452 g/mol. The van der Waals surface area contributed by atoms with Crippen LogP contribution in [0.5, 0.6) is 0 Å². The molecule has 0 heterocycles. The number of hydrogen-bond donors (Lipinski definition) is 0. The Morgan fingerprint density at radius 3 is 1.41 bits per heavy atom. The molecule has 0 amide bonds. The van der Waals surface area contributed by atoms with Gasteiger partial charge in [-0.25, -0.2) is 0 Å². The molecule has 0 aliphatic carbocycles.